The van der Waals surface area contributed by atoms with Gasteiger partial charge in [-0.3, -0.25) is 9.98 Å². The number of nitrogens with zero attached hydrogens (tertiary/aromatic N) is 3. The summed E-state index contributed by atoms with van der Waals surface area (Å²) in [6.07, 6.45) is 2.62. The predicted molar refractivity (Wildman–Crippen MR) is 126 cm³/mol. The highest BCUT2D eigenvalue weighted by atomic mass is 32.1. The number of ether oxygens (including phenoxy) is 1. The van der Waals surface area contributed by atoms with Gasteiger partial charge in [-0.1, -0.05) is 24.3 Å². The SMILES string of the molecule is CCNC(=NCCc1cccc2cccnc12)NC(C)c1nc(C)c(C(=O)OCC)s1. The second-order valence-electron chi connectivity index (χ2n) is 7.06. The van der Waals surface area contributed by atoms with Gasteiger partial charge in [0.25, 0.3) is 0 Å². The van der Waals surface area contributed by atoms with Gasteiger partial charge in [0.15, 0.2) is 5.96 Å². The molecule has 2 heterocycles. The number of para-hydroxylation sites is 1. The Morgan fingerprint density at radius 1 is 1.26 bits per heavy atom. The minimum absolute atomic E-state index is 0.0936. The van der Waals surface area contributed by atoms with Gasteiger partial charge in [-0.2, -0.15) is 0 Å². The third-order valence-electron chi connectivity index (χ3n) is 4.71. The number of hydrogen-bond acceptors (Lipinski definition) is 6. The second-order valence-corrected chi connectivity index (χ2v) is 8.09. The summed E-state index contributed by atoms with van der Waals surface area (Å²) < 4.78 is 5.12. The van der Waals surface area contributed by atoms with Crippen LogP contribution in [0.25, 0.3) is 10.9 Å². The first-order valence-corrected chi connectivity index (χ1v) is 11.4. The molecule has 0 amide bonds. The standard InChI is InChI=1S/C23H29N5O2S/c1-5-24-23(26-14-12-18-10-7-9-17-11-8-13-25-19(17)18)28-16(4)21-27-15(3)20(31-21)22(29)30-6-2/h7-11,13,16H,5-6,12,14H2,1-4H3,(H2,24,26,28). The first kappa shape index (κ1) is 22.7. The first-order valence-electron chi connectivity index (χ1n) is 10.5. The largest absolute Gasteiger partial charge is 0.462 e. The highest BCUT2D eigenvalue weighted by Gasteiger charge is 2.20. The first-order chi connectivity index (χ1) is 15.0. The molecule has 3 aromatic rings. The van der Waals surface area contributed by atoms with Crippen molar-refractivity contribution in [3.8, 4) is 0 Å². The number of hydrogen-bond donors (Lipinski definition) is 2. The monoisotopic (exact) mass is 439 g/mol. The summed E-state index contributed by atoms with van der Waals surface area (Å²) in [5.41, 5.74) is 2.90. The Kier molecular flexibility index (Phi) is 7.94. The summed E-state index contributed by atoms with van der Waals surface area (Å²) in [5.74, 6) is 0.397. The lowest BCUT2D eigenvalue weighted by Crippen LogP contribution is -2.38. The molecule has 0 fully saturated rings. The van der Waals surface area contributed by atoms with Crippen LogP contribution in [0.4, 0.5) is 0 Å². The molecule has 0 saturated heterocycles. The average molecular weight is 440 g/mol. The normalized spacial score (nSPS) is 12.6. The van der Waals surface area contributed by atoms with Crippen molar-refractivity contribution in [2.75, 3.05) is 19.7 Å². The molecule has 0 aliphatic rings. The third kappa shape index (κ3) is 5.79. The molecule has 31 heavy (non-hydrogen) atoms. The molecular weight excluding hydrogens is 410 g/mol. The molecule has 0 bridgehead atoms. The number of pyridine rings is 1. The van der Waals surface area contributed by atoms with Gasteiger partial charge < -0.3 is 15.4 Å². The van der Waals surface area contributed by atoms with Gasteiger partial charge in [-0.25, -0.2) is 9.78 Å². The maximum Gasteiger partial charge on any atom is 0.350 e. The molecule has 1 unspecified atom stereocenters. The number of esters is 1. The van der Waals surface area contributed by atoms with Crippen LogP contribution in [-0.2, 0) is 11.2 Å². The number of thiazole rings is 1. The summed E-state index contributed by atoms with van der Waals surface area (Å²) >= 11 is 1.36. The van der Waals surface area contributed by atoms with E-state index >= 15 is 0 Å². The van der Waals surface area contributed by atoms with E-state index in [9.17, 15) is 4.79 Å². The van der Waals surface area contributed by atoms with Gasteiger partial charge in [0, 0.05) is 24.7 Å². The minimum Gasteiger partial charge on any atom is -0.462 e. The fourth-order valence-electron chi connectivity index (χ4n) is 3.23. The molecule has 2 aromatic heterocycles. The molecule has 1 aromatic carbocycles. The number of benzene rings is 1. The fraction of sp³-hybridized carbons (Fsp3) is 0.391. The minimum atomic E-state index is -0.319. The number of nitrogens with one attached hydrogen (secondary N) is 2. The van der Waals surface area contributed by atoms with Crippen molar-refractivity contribution in [3.05, 3.63) is 57.7 Å². The van der Waals surface area contributed by atoms with E-state index in [-0.39, 0.29) is 12.0 Å². The molecule has 0 saturated carbocycles. The maximum atomic E-state index is 12.1. The lowest BCUT2D eigenvalue weighted by atomic mass is 10.1. The van der Waals surface area contributed by atoms with E-state index in [0.717, 1.165) is 28.9 Å². The molecular formula is C23H29N5O2S. The van der Waals surface area contributed by atoms with Crippen molar-refractivity contribution >= 4 is 34.2 Å². The smallest absolute Gasteiger partial charge is 0.350 e. The van der Waals surface area contributed by atoms with E-state index in [2.05, 4.69) is 44.9 Å². The van der Waals surface area contributed by atoms with E-state index in [4.69, 9.17) is 9.73 Å². The Balaban J connectivity index is 1.68. The van der Waals surface area contributed by atoms with E-state index < -0.39 is 0 Å². The summed E-state index contributed by atoms with van der Waals surface area (Å²) in [4.78, 5) is 26.4. The van der Waals surface area contributed by atoms with Crippen molar-refractivity contribution in [3.63, 3.8) is 0 Å². The summed E-state index contributed by atoms with van der Waals surface area (Å²) in [6, 6.07) is 10.2. The Hall–Kier alpha value is -3.00. The summed E-state index contributed by atoms with van der Waals surface area (Å²) in [5, 5.41) is 8.63. The van der Waals surface area contributed by atoms with Crippen molar-refractivity contribution < 1.29 is 9.53 Å². The molecule has 0 aliphatic carbocycles. The van der Waals surface area contributed by atoms with Crippen molar-refractivity contribution in [1.82, 2.24) is 20.6 Å². The van der Waals surface area contributed by atoms with Crippen LogP contribution >= 0.6 is 11.3 Å². The molecule has 0 radical (unpaired) electrons. The molecule has 7 nitrogen and oxygen atoms in total. The van der Waals surface area contributed by atoms with Crippen molar-refractivity contribution in [2.24, 2.45) is 4.99 Å². The average Bonchev–Trinajstić information content (AvgIpc) is 3.16. The predicted octanol–water partition coefficient (Wildman–Crippen LogP) is 4.04. The summed E-state index contributed by atoms with van der Waals surface area (Å²) in [7, 11) is 0. The van der Waals surface area contributed by atoms with E-state index in [1.54, 1.807) is 6.92 Å². The number of aliphatic imine (C=N–C) groups is 1. The number of fused-ring (bicyclic) bond motifs is 1. The van der Waals surface area contributed by atoms with Gasteiger partial charge in [0.05, 0.1) is 23.9 Å². The molecule has 164 valence electrons. The Bertz CT molecular complexity index is 1060. The van der Waals surface area contributed by atoms with Crippen LogP contribution in [-0.4, -0.2) is 41.6 Å². The van der Waals surface area contributed by atoms with E-state index in [1.165, 1.54) is 16.9 Å². The molecule has 1 atom stereocenters. The van der Waals surface area contributed by atoms with Gasteiger partial charge in [0.1, 0.15) is 9.88 Å². The second kappa shape index (κ2) is 10.9. The van der Waals surface area contributed by atoms with Crippen LogP contribution in [0.5, 0.6) is 0 Å². The summed E-state index contributed by atoms with van der Waals surface area (Å²) in [6.45, 7) is 9.39. The van der Waals surface area contributed by atoms with Crippen LogP contribution in [0.15, 0.2) is 41.5 Å². The number of aromatic nitrogens is 2. The van der Waals surface area contributed by atoms with Crippen LogP contribution in [0, 0.1) is 6.92 Å². The van der Waals surface area contributed by atoms with Gasteiger partial charge >= 0.3 is 5.97 Å². The van der Waals surface area contributed by atoms with Crippen molar-refractivity contribution in [1.29, 1.82) is 0 Å². The van der Waals surface area contributed by atoms with Crippen LogP contribution in [0.1, 0.15) is 52.7 Å². The van der Waals surface area contributed by atoms with Crippen molar-refractivity contribution in [2.45, 2.75) is 40.2 Å². The molecule has 0 spiro atoms. The van der Waals surface area contributed by atoms with E-state index in [1.807, 2.05) is 33.0 Å². The van der Waals surface area contributed by atoms with Gasteiger partial charge in [-0.05, 0) is 45.7 Å². The molecule has 8 heteroatoms. The van der Waals surface area contributed by atoms with E-state index in [0.29, 0.717) is 29.7 Å². The molecule has 3 rings (SSSR count). The lowest BCUT2D eigenvalue weighted by molar-refractivity contribution is 0.0531. The van der Waals surface area contributed by atoms with Gasteiger partial charge in [0.2, 0.25) is 0 Å². The Labute approximate surface area is 187 Å². The highest BCUT2D eigenvalue weighted by molar-refractivity contribution is 7.13. The number of rotatable bonds is 8. The maximum absolute atomic E-state index is 12.1. The Morgan fingerprint density at radius 2 is 2.06 bits per heavy atom. The van der Waals surface area contributed by atoms with Gasteiger partial charge in [-0.15, -0.1) is 11.3 Å². The number of carbonyl (C=O) groups excluding carboxylic acids is 1. The number of aryl methyl sites for hydroxylation is 1. The topological polar surface area (TPSA) is 88.5 Å². The van der Waals surface area contributed by atoms with Crippen LogP contribution < -0.4 is 10.6 Å². The molecule has 2 N–H and O–H groups in total. The fourth-order valence-corrected chi connectivity index (χ4v) is 4.20. The van der Waals surface area contributed by atoms with Crippen LogP contribution in [0.2, 0.25) is 0 Å². The Morgan fingerprint density at radius 3 is 2.84 bits per heavy atom. The lowest BCUT2D eigenvalue weighted by Gasteiger charge is -2.16. The zero-order chi connectivity index (χ0) is 22.2. The number of carbonyl (C=O) groups is 1. The quantitative estimate of drug-likeness (QED) is 0.313. The zero-order valence-corrected chi connectivity index (χ0v) is 19.3. The molecule has 0 aliphatic heterocycles. The zero-order valence-electron chi connectivity index (χ0n) is 18.4. The van der Waals surface area contributed by atoms with Crippen LogP contribution in [0.3, 0.4) is 0 Å². The third-order valence-corrected chi connectivity index (χ3v) is 6.03. The highest BCUT2D eigenvalue weighted by Crippen LogP contribution is 2.24. The number of guanidine groups is 1.